The van der Waals surface area contributed by atoms with E-state index in [4.69, 9.17) is 0 Å². The predicted molar refractivity (Wildman–Crippen MR) is 66.7 cm³/mol. The SMILES string of the molecule is CC1(C)C(O)CC1c1ccc(S(C)(=O)=O)c(F)c1. The summed E-state index contributed by atoms with van der Waals surface area (Å²) in [5.74, 6) is -0.650. The van der Waals surface area contributed by atoms with Crippen molar-refractivity contribution in [2.45, 2.75) is 37.2 Å². The Kier molecular flexibility index (Phi) is 3.02. The predicted octanol–water partition coefficient (Wildman–Crippen LogP) is 2.10. The Morgan fingerprint density at radius 2 is 2.00 bits per heavy atom. The van der Waals surface area contributed by atoms with Crippen molar-refractivity contribution in [3.8, 4) is 0 Å². The topological polar surface area (TPSA) is 54.4 Å². The normalized spacial score (nSPS) is 26.7. The van der Waals surface area contributed by atoms with Gasteiger partial charge in [-0.1, -0.05) is 19.9 Å². The fraction of sp³-hybridized carbons (Fsp3) is 0.538. The van der Waals surface area contributed by atoms with Crippen LogP contribution in [0, 0.1) is 11.2 Å². The van der Waals surface area contributed by atoms with Gasteiger partial charge in [0.25, 0.3) is 0 Å². The quantitative estimate of drug-likeness (QED) is 0.897. The van der Waals surface area contributed by atoms with Gasteiger partial charge in [-0.2, -0.15) is 0 Å². The van der Waals surface area contributed by atoms with Crippen LogP contribution in [0.4, 0.5) is 4.39 Å². The molecule has 1 aliphatic carbocycles. The van der Waals surface area contributed by atoms with Gasteiger partial charge in [0, 0.05) is 6.26 Å². The van der Waals surface area contributed by atoms with Gasteiger partial charge < -0.3 is 5.11 Å². The summed E-state index contributed by atoms with van der Waals surface area (Å²) in [6, 6.07) is 4.22. The Bertz CT molecular complexity index is 578. The van der Waals surface area contributed by atoms with E-state index in [1.54, 1.807) is 6.07 Å². The lowest BCUT2D eigenvalue weighted by molar-refractivity contribution is -0.0626. The molecule has 5 heteroatoms. The summed E-state index contributed by atoms with van der Waals surface area (Å²) in [5.41, 5.74) is 0.453. The highest BCUT2D eigenvalue weighted by molar-refractivity contribution is 7.90. The Labute approximate surface area is 107 Å². The molecular weight excluding hydrogens is 255 g/mol. The highest BCUT2D eigenvalue weighted by atomic mass is 32.2. The van der Waals surface area contributed by atoms with Gasteiger partial charge >= 0.3 is 0 Å². The van der Waals surface area contributed by atoms with Crippen molar-refractivity contribution in [3.05, 3.63) is 29.6 Å². The number of aliphatic hydroxyl groups is 1. The van der Waals surface area contributed by atoms with Crippen LogP contribution < -0.4 is 0 Å². The minimum atomic E-state index is -3.53. The average Bonchev–Trinajstić information content (AvgIpc) is 2.23. The molecule has 1 aromatic rings. The number of hydrogen-bond acceptors (Lipinski definition) is 3. The first-order valence-corrected chi connectivity index (χ1v) is 7.70. The second kappa shape index (κ2) is 4.03. The first-order valence-electron chi connectivity index (χ1n) is 5.81. The second-order valence-corrected chi connectivity index (χ2v) is 7.57. The zero-order valence-electron chi connectivity index (χ0n) is 10.6. The molecule has 1 N–H and O–H groups in total. The van der Waals surface area contributed by atoms with Crippen molar-refractivity contribution < 1.29 is 17.9 Å². The molecule has 1 saturated carbocycles. The van der Waals surface area contributed by atoms with Crippen molar-refractivity contribution in [1.29, 1.82) is 0 Å². The van der Waals surface area contributed by atoms with Crippen molar-refractivity contribution >= 4 is 9.84 Å². The van der Waals surface area contributed by atoms with Gasteiger partial charge in [0.2, 0.25) is 0 Å². The van der Waals surface area contributed by atoms with Crippen molar-refractivity contribution in [3.63, 3.8) is 0 Å². The van der Waals surface area contributed by atoms with Crippen LogP contribution in [0.2, 0.25) is 0 Å². The molecule has 0 heterocycles. The maximum atomic E-state index is 13.8. The summed E-state index contributed by atoms with van der Waals surface area (Å²) in [6.45, 7) is 3.85. The summed E-state index contributed by atoms with van der Waals surface area (Å²) < 4.78 is 36.4. The molecule has 0 radical (unpaired) electrons. The van der Waals surface area contributed by atoms with Crippen LogP contribution in [0.1, 0.15) is 31.7 Å². The van der Waals surface area contributed by atoms with Crippen LogP contribution in [0.15, 0.2) is 23.1 Å². The number of aliphatic hydroxyl groups excluding tert-OH is 1. The maximum absolute atomic E-state index is 13.8. The summed E-state index contributed by atoms with van der Waals surface area (Å²) in [6.07, 6.45) is 1.19. The van der Waals surface area contributed by atoms with Crippen LogP contribution in [0.3, 0.4) is 0 Å². The first kappa shape index (κ1) is 13.5. The van der Waals surface area contributed by atoms with Gasteiger partial charge in [-0.05, 0) is 35.4 Å². The molecule has 0 saturated heterocycles. The monoisotopic (exact) mass is 272 g/mol. The molecule has 0 spiro atoms. The van der Waals surface area contributed by atoms with E-state index >= 15 is 0 Å². The Hall–Kier alpha value is -0.940. The van der Waals surface area contributed by atoms with Crippen LogP contribution in [0.25, 0.3) is 0 Å². The Morgan fingerprint density at radius 3 is 2.39 bits per heavy atom. The molecule has 0 aliphatic heterocycles. The smallest absolute Gasteiger partial charge is 0.178 e. The molecule has 100 valence electrons. The zero-order chi connectivity index (χ0) is 13.7. The molecule has 1 aromatic carbocycles. The molecule has 2 rings (SSSR count). The fourth-order valence-corrected chi connectivity index (χ4v) is 3.23. The second-order valence-electron chi connectivity index (χ2n) is 5.59. The molecule has 18 heavy (non-hydrogen) atoms. The van der Waals surface area contributed by atoms with Crippen molar-refractivity contribution in [1.82, 2.24) is 0 Å². The molecule has 1 aliphatic rings. The van der Waals surface area contributed by atoms with E-state index < -0.39 is 15.7 Å². The summed E-state index contributed by atoms with van der Waals surface area (Å²) in [4.78, 5) is -0.274. The Balaban J connectivity index is 2.37. The fourth-order valence-electron chi connectivity index (χ4n) is 2.50. The lowest BCUT2D eigenvalue weighted by Gasteiger charge is -2.49. The van der Waals surface area contributed by atoms with Gasteiger partial charge in [0.1, 0.15) is 10.7 Å². The molecular formula is C13H17FO3S. The third-order valence-corrected chi connectivity index (χ3v) is 5.10. The third kappa shape index (κ3) is 2.06. The molecule has 2 unspecified atom stereocenters. The number of sulfone groups is 1. The van der Waals surface area contributed by atoms with E-state index in [0.29, 0.717) is 6.42 Å². The van der Waals surface area contributed by atoms with Crippen LogP contribution in [-0.2, 0) is 9.84 Å². The van der Waals surface area contributed by atoms with E-state index in [0.717, 1.165) is 11.8 Å². The van der Waals surface area contributed by atoms with Crippen LogP contribution in [0.5, 0.6) is 0 Å². The van der Waals surface area contributed by atoms with Crippen molar-refractivity contribution in [2.24, 2.45) is 5.41 Å². The average molecular weight is 272 g/mol. The number of benzene rings is 1. The largest absolute Gasteiger partial charge is 0.393 e. The highest BCUT2D eigenvalue weighted by Crippen LogP contribution is 2.52. The van der Waals surface area contributed by atoms with Crippen LogP contribution >= 0.6 is 0 Å². The lowest BCUT2D eigenvalue weighted by atomic mass is 9.58. The molecule has 0 aromatic heterocycles. The van der Waals surface area contributed by atoms with E-state index in [2.05, 4.69) is 0 Å². The molecule has 3 nitrogen and oxygen atoms in total. The first-order chi connectivity index (χ1) is 8.14. The van der Waals surface area contributed by atoms with Gasteiger partial charge in [0.15, 0.2) is 9.84 Å². The number of rotatable bonds is 2. The standard InChI is InChI=1S/C13H17FO3S/c1-13(2)9(7-12(13)15)8-4-5-11(10(14)6-8)18(3,16)17/h4-6,9,12,15H,7H2,1-3H3. The number of hydrogen-bond donors (Lipinski definition) is 1. The summed E-state index contributed by atoms with van der Waals surface area (Å²) in [7, 11) is -3.53. The zero-order valence-corrected chi connectivity index (χ0v) is 11.5. The molecule has 2 atom stereocenters. The van der Waals surface area contributed by atoms with E-state index in [1.807, 2.05) is 13.8 Å². The summed E-state index contributed by atoms with van der Waals surface area (Å²) in [5, 5.41) is 9.67. The van der Waals surface area contributed by atoms with E-state index in [-0.39, 0.29) is 22.3 Å². The molecule has 0 bridgehead atoms. The Morgan fingerprint density at radius 1 is 1.39 bits per heavy atom. The van der Waals surface area contributed by atoms with E-state index in [1.165, 1.54) is 12.1 Å². The van der Waals surface area contributed by atoms with Gasteiger partial charge in [-0.15, -0.1) is 0 Å². The highest BCUT2D eigenvalue weighted by Gasteiger charge is 2.47. The molecule has 0 amide bonds. The van der Waals surface area contributed by atoms with E-state index in [9.17, 15) is 17.9 Å². The van der Waals surface area contributed by atoms with Gasteiger partial charge in [0.05, 0.1) is 6.10 Å². The van der Waals surface area contributed by atoms with Crippen LogP contribution in [-0.4, -0.2) is 25.9 Å². The maximum Gasteiger partial charge on any atom is 0.178 e. The minimum Gasteiger partial charge on any atom is -0.393 e. The molecule has 1 fully saturated rings. The third-order valence-electron chi connectivity index (χ3n) is 3.97. The summed E-state index contributed by atoms with van der Waals surface area (Å²) >= 11 is 0. The van der Waals surface area contributed by atoms with Crippen molar-refractivity contribution in [2.75, 3.05) is 6.26 Å². The van der Waals surface area contributed by atoms with Gasteiger partial charge in [-0.25, -0.2) is 12.8 Å². The van der Waals surface area contributed by atoms with Gasteiger partial charge in [-0.3, -0.25) is 0 Å². The minimum absolute atomic E-state index is 0.0654. The lowest BCUT2D eigenvalue weighted by Crippen LogP contribution is -2.47. The number of halogens is 1.